The van der Waals surface area contributed by atoms with Crippen LogP contribution in [0.3, 0.4) is 0 Å². The second-order valence-electron chi connectivity index (χ2n) is 5.10. The lowest BCUT2D eigenvalue weighted by molar-refractivity contribution is -0.112. The smallest absolute Gasteiger partial charge is 0.266 e. The van der Waals surface area contributed by atoms with E-state index in [1.165, 1.54) is 7.11 Å². The molecule has 24 heavy (non-hydrogen) atoms. The second-order valence-corrected chi connectivity index (χ2v) is 5.10. The molecule has 0 bridgehead atoms. The molecule has 1 aromatic carbocycles. The topological polar surface area (TPSA) is 91.6 Å². The zero-order chi connectivity index (χ0) is 17.5. The number of amides is 1. The van der Waals surface area contributed by atoms with Gasteiger partial charge < -0.3 is 19.9 Å². The molecule has 0 spiro atoms. The van der Waals surface area contributed by atoms with Gasteiger partial charge in [-0.05, 0) is 42.8 Å². The van der Waals surface area contributed by atoms with Crippen molar-refractivity contribution < 1.29 is 19.4 Å². The number of hydrogen-bond acceptors (Lipinski definition) is 5. The third-order valence-corrected chi connectivity index (χ3v) is 3.51. The highest BCUT2D eigenvalue weighted by Crippen LogP contribution is 2.24. The number of carbonyl (C=O) groups excluding carboxylic acids is 1. The molecule has 0 saturated heterocycles. The van der Waals surface area contributed by atoms with Crippen LogP contribution in [0.1, 0.15) is 6.42 Å². The Morgan fingerprint density at radius 1 is 1.33 bits per heavy atom. The number of anilines is 1. The van der Waals surface area contributed by atoms with Crippen molar-refractivity contribution in [1.82, 2.24) is 0 Å². The molecule has 1 unspecified atom stereocenters. The summed E-state index contributed by atoms with van der Waals surface area (Å²) in [6, 6.07) is 8.72. The van der Waals surface area contributed by atoms with Gasteiger partial charge in [-0.2, -0.15) is 5.26 Å². The van der Waals surface area contributed by atoms with Gasteiger partial charge in [0.25, 0.3) is 5.91 Å². The molecule has 124 valence electrons. The van der Waals surface area contributed by atoms with Crippen LogP contribution in [-0.4, -0.2) is 25.2 Å². The highest BCUT2D eigenvalue weighted by molar-refractivity contribution is 6.06. The van der Waals surface area contributed by atoms with E-state index in [4.69, 9.17) is 9.47 Å². The van der Waals surface area contributed by atoms with E-state index in [0.29, 0.717) is 23.6 Å². The number of ether oxygens (including phenoxy) is 2. The fourth-order valence-electron chi connectivity index (χ4n) is 2.24. The van der Waals surface area contributed by atoms with E-state index in [1.807, 2.05) is 6.07 Å². The summed E-state index contributed by atoms with van der Waals surface area (Å²) in [5, 5.41) is 21.5. The second kappa shape index (κ2) is 7.88. The van der Waals surface area contributed by atoms with Crippen molar-refractivity contribution in [2.24, 2.45) is 5.92 Å². The first-order chi connectivity index (χ1) is 11.6. The number of nitrogens with zero attached hydrogens (tertiary/aromatic N) is 1. The first-order valence-corrected chi connectivity index (χ1v) is 7.30. The molecule has 6 heteroatoms. The summed E-state index contributed by atoms with van der Waals surface area (Å²) >= 11 is 0. The molecule has 0 aromatic heterocycles. The van der Waals surface area contributed by atoms with Crippen LogP contribution < -0.4 is 10.1 Å². The van der Waals surface area contributed by atoms with E-state index in [1.54, 1.807) is 49.6 Å². The number of allylic oxidation sites excluding steroid dienone is 3. The third-order valence-electron chi connectivity index (χ3n) is 3.51. The molecule has 1 amide bonds. The number of carbonyl (C=O) groups is 1. The minimum atomic E-state index is -0.492. The van der Waals surface area contributed by atoms with E-state index in [9.17, 15) is 15.2 Å². The molecule has 0 radical (unpaired) electrons. The van der Waals surface area contributed by atoms with Crippen molar-refractivity contribution in [3.63, 3.8) is 0 Å². The van der Waals surface area contributed by atoms with Gasteiger partial charge in [0.1, 0.15) is 17.4 Å². The summed E-state index contributed by atoms with van der Waals surface area (Å²) in [6.07, 6.45) is 5.31. The molecule has 1 aromatic rings. The van der Waals surface area contributed by atoms with Gasteiger partial charge in [0.2, 0.25) is 0 Å². The van der Waals surface area contributed by atoms with E-state index < -0.39 is 5.91 Å². The number of methoxy groups -OCH3 is 2. The number of benzene rings is 1. The monoisotopic (exact) mass is 326 g/mol. The number of hydrogen-bond donors (Lipinski definition) is 2. The molecule has 2 rings (SSSR count). The Bertz CT molecular complexity index is 739. The quantitative estimate of drug-likeness (QED) is 0.641. The van der Waals surface area contributed by atoms with E-state index >= 15 is 0 Å². The molecule has 6 nitrogen and oxygen atoms in total. The average molecular weight is 326 g/mol. The fraction of sp³-hybridized carbons (Fsp3) is 0.222. The summed E-state index contributed by atoms with van der Waals surface area (Å²) < 4.78 is 10.1. The Morgan fingerprint density at radius 2 is 2.04 bits per heavy atom. The summed E-state index contributed by atoms with van der Waals surface area (Å²) in [5.41, 5.74) is 0.563. The van der Waals surface area contributed by atoms with Crippen LogP contribution in [0, 0.1) is 17.2 Å². The SMILES string of the molecule is COC1=CC(/C=C(/C#N)C(=O)Nc2ccc(OC)cc2)CC=C1O. The van der Waals surface area contributed by atoms with Gasteiger partial charge >= 0.3 is 0 Å². The van der Waals surface area contributed by atoms with Crippen LogP contribution in [0.2, 0.25) is 0 Å². The molecule has 1 aliphatic rings. The summed E-state index contributed by atoms with van der Waals surface area (Å²) in [4.78, 5) is 12.2. The minimum Gasteiger partial charge on any atom is -0.504 e. The predicted octanol–water partition coefficient (Wildman–Crippen LogP) is 3.08. The van der Waals surface area contributed by atoms with Crippen LogP contribution in [0.15, 0.2) is 59.6 Å². The van der Waals surface area contributed by atoms with Gasteiger partial charge in [0.15, 0.2) is 11.5 Å². The Labute approximate surface area is 140 Å². The van der Waals surface area contributed by atoms with Crippen molar-refractivity contribution >= 4 is 11.6 Å². The van der Waals surface area contributed by atoms with Crippen molar-refractivity contribution in [1.29, 1.82) is 5.26 Å². The van der Waals surface area contributed by atoms with Crippen LogP contribution in [0.25, 0.3) is 0 Å². The predicted molar refractivity (Wildman–Crippen MR) is 89.2 cm³/mol. The summed E-state index contributed by atoms with van der Waals surface area (Å²) in [7, 11) is 3.01. The third kappa shape index (κ3) is 4.17. The van der Waals surface area contributed by atoms with Crippen LogP contribution in [0.4, 0.5) is 5.69 Å². The number of nitrogens with one attached hydrogen (secondary N) is 1. The molecule has 0 heterocycles. The average Bonchev–Trinajstić information content (AvgIpc) is 2.61. The van der Waals surface area contributed by atoms with Crippen molar-refractivity contribution in [2.45, 2.75) is 6.42 Å². The zero-order valence-electron chi connectivity index (χ0n) is 13.4. The number of aliphatic hydroxyl groups excluding tert-OH is 1. The highest BCUT2D eigenvalue weighted by Gasteiger charge is 2.17. The van der Waals surface area contributed by atoms with Gasteiger partial charge in [0.05, 0.1) is 14.2 Å². The standard InChI is InChI=1S/C18H18N2O4/c1-23-15-6-4-14(5-7-15)20-18(22)13(11-19)9-12-3-8-16(21)17(10-12)24-2/h4-10,12,21H,3H2,1-2H3,(H,20,22)/b13-9-. The maximum Gasteiger partial charge on any atom is 0.266 e. The normalized spacial score (nSPS) is 17.2. The maximum absolute atomic E-state index is 12.2. The molecular weight excluding hydrogens is 308 g/mol. The Balaban J connectivity index is 2.11. The number of nitriles is 1. The highest BCUT2D eigenvalue weighted by atomic mass is 16.5. The van der Waals surface area contributed by atoms with Crippen molar-refractivity contribution in [3.8, 4) is 11.8 Å². The lowest BCUT2D eigenvalue weighted by atomic mass is 9.96. The number of aliphatic hydroxyl groups is 1. The molecule has 2 N–H and O–H groups in total. The van der Waals surface area contributed by atoms with Gasteiger partial charge in [0, 0.05) is 11.6 Å². The minimum absolute atomic E-state index is 0.00249. The molecule has 0 fully saturated rings. The first-order valence-electron chi connectivity index (χ1n) is 7.30. The van der Waals surface area contributed by atoms with E-state index in [2.05, 4.69) is 5.32 Å². The van der Waals surface area contributed by atoms with E-state index in [-0.39, 0.29) is 17.3 Å². The van der Waals surface area contributed by atoms with Gasteiger partial charge in [-0.1, -0.05) is 6.08 Å². The van der Waals surface area contributed by atoms with Crippen LogP contribution >= 0.6 is 0 Å². The molecular formula is C18H18N2O4. The van der Waals surface area contributed by atoms with Crippen LogP contribution in [-0.2, 0) is 9.53 Å². The maximum atomic E-state index is 12.2. The largest absolute Gasteiger partial charge is 0.504 e. The van der Waals surface area contributed by atoms with Crippen LogP contribution in [0.5, 0.6) is 5.75 Å². The molecule has 1 atom stereocenters. The Hall–Kier alpha value is -3.20. The lowest BCUT2D eigenvalue weighted by Crippen LogP contribution is -2.15. The lowest BCUT2D eigenvalue weighted by Gasteiger charge is -2.15. The molecule has 1 aliphatic carbocycles. The Morgan fingerprint density at radius 3 is 2.62 bits per heavy atom. The zero-order valence-corrected chi connectivity index (χ0v) is 13.4. The summed E-state index contributed by atoms with van der Waals surface area (Å²) in [5.74, 6) is 0.370. The van der Waals surface area contributed by atoms with Crippen molar-refractivity contribution in [3.05, 3.63) is 59.6 Å². The molecule has 0 aliphatic heterocycles. The van der Waals surface area contributed by atoms with Gasteiger partial charge in [-0.25, -0.2) is 0 Å². The fourth-order valence-corrected chi connectivity index (χ4v) is 2.24. The first kappa shape index (κ1) is 17.2. The van der Waals surface area contributed by atoms with Gasteiger partial charge in [-0.3, -0.25) is 4.79 Å². The summed E-state index contributed by atoms with van der Waals surface area (Å²) in [6.45, 7) is 0. The van der Waals surface area contributed by atoms with E-state index in [0.717, 1.165) is 0 Å². The Kier molecular flexibility index (Phi) is 5.63. The van der Waals surface area contributed by atoms with Gasteiger partial charge in [-0.15, -0.1) is 0 Å². The molecule has 0 saturated carbocycles. The van der Waals surface area contributed by atoms with Crippen molar-refractivity contribution in [2.75, 3.05) is 19.5 Å². The number of rotatable bonds is 5.